The summed E-state index contributed by atoms with van der Waals surface area (Å²) in [5, 5.41) is 9.18. The van der Waals surface area contributed by atoms with Crippen LogP contribution in [0.5, 0.6) is 11.5 Å². The van der Waals surface area contributed by atoms with Gasteiger partial charge in [0.15, 0.2) is 5.75 Å². The van der Waals surface area contributed by atoms with Crippen LogP contribution in [0.1, 0.15) is 10.5 Å². The highest BCUT2D eigenvalue weighted by atomic mass is 35.5. The van der Waals surface area contributed by atoms with Gasteiger partial charge >= 0.3 is 17.4 Å². The van der Waals surface area contributed by atoms with E-state index in [-0.39, 0.29) is 0 Å². The molecule has 0 radical (unpaired) electrons. The predicted octanol–water partition coefficient (Wildman–Crippen LogP) is 2.28. The Kier molecular flexibility index (Phi) is 4.14. The lowest BCUT2D eigenvalue weighted by molar-refractivity contribution is -0.389. The number of carbonyl (C=O) groups excluding carboxylic acids is 1. The number of ether oxygens (including phenoxy) is 2. The minimum absolute atomic E-state index is 0.371. The summed E-state index contributed by atoms with van der Waals surface area (Å²) in [6, 6.07) is 0.371. The lowest BCUT2D eigenvalue weighted by Crippen LogP contribution is -2.18. The summed E-state index contributed by atoms with van der Waals surface area (Å²) in [5.41, 5.74) is -0.849. The van der Waals surface area contributed by atoms with Crippen LogP contribution in [0.25, 0.3) is 0 Å². The Bertz CT molecular complexity index is 534. The van der Waals surface area contributed by atoms with E-state index in [1.165, 1.54) is 0 Å². The molecule has 104 valence electrons. The SMILES string of the molecule is COc1c(OC(F)(F)F)cc([N+](=O)[O-])nc1C(=O)Cl. The van der Waals surface area contributed by atoms with Crippen molar-refractivity contribution in [3.63, 3.8) is 0 Å². The summed E-state index contributed by atoms with van der Waals surface area (Å²) in [7, 11) is 0.926. The van der Waals surface area contributed by atoms with Gasteiger partial charge < -0.3 is 19.6 Å². The van der Waals surface area contributed by atoms with Crippen LogP contribution < -0.4 is 9.47 Å². The molecule has 0 bridgehead atoms. The summed E-state index contributed by atoms with van der Waals surface area (Å²) >= 11 is 5.07. The number of nitrogens with zero attached hydrogens (tertiary/aromatic N) is 2. The molecule has 0 spiro atoms. The summed E-state index contributed by atoms with van der Waals surface area (Å²) < 4.78 is 44.4. The molecule has 7 nitrogen and oxygen atoms in total. The maximum absolute atomic E-state index is 12.1. The van der Waals surface area contributed by atoms with Crippen molar-refractivity contribution in [1.29, 1.82) is 0 Å². The molecule has 0 aliphatic rings. The Labute approximate surface area is 108 Å². The normalized spacial score (nSPS) is 11.0. The number of rotatable bonds is 4. The molecule has 11 heteroatoms. The van der Waals surface area contributed by atoms with Crippen LogP contribution >= 0.6 is 11.6 Å². The van der Waals surface area contributed by atoms with Crippen LogP contribution in [0.15, 0.2) is 6.07 Å². The average Bonchev–Trinajstić information content (AvgIpc) is 2.25. The van der Waals surface area contributed by atoms with Crippen molar-refractivity contribution in [2.75, 3.05) is 7.11 Å². The molecule has 1 aromatic rings. The van der Waals surface area contributed by atoms with Crippen molar-refractivity contribution >= 4 is 22.7 Å². The highest BCUT2D eigenvalue weighted by Gasteiger charge is 2.36. The number of hydrogen-bond acceptors (Lipinski definition) is 6. The van der Waals surface area contributed by atoms with Crippen molar-refractivity contribution in [2.24, 2.45) is 0 Å². The first-order chi connectivity index (χ1) is 8.65. The number of hydrogen-bond donors (Lipinski definition) is 0. The predicted molar refractivity (Wildman–Crippen MR) is 54.3 cm³/mol. The highest BCUT2D eigenvalue weighted by molar-refractivity contribution is 6.67. The van der Waals surface area contributed by atoms with E-state index < -0.39 is 39.5 Å². The van der Waals surface area contributed by atoms with Gasteiger partial charge in [0.05, 0.1) is 13.2 Å². The standard InChI is InChI=1S/C8H4ClF3N2O5/c1-18-6-3(19-8(10,11)12)2-4(14(16)17)13-5(6)7(9)15/h2H,1H3. The van der Waals surface area contributed by atoms with Crippen LogP contribution in [-0.2, 0) is 0 Å². The molecule has 0 fully saturated rings. The molecule has 19 heavy (non-hydrogen) atoms. The Hall–Kier alpha value is -2.10. The Morgan fingerprint density at radius 1 is 1.53 bits per heavy atom. The Balaban J connectivity index is 3.49. The topological polar surface area (TPSA) is 91.6 Å². The van der Waals surface area contributed by atoms with Gasteiger partial charge in [0.1, 0.15) is 0 Å². The third kappa shape index (κ3) is 3.68. The van der Waals surface area contributed by atoms with E-state index in [9.17, 15) is 28.1 Å². The molecule has 0 unspecified atom stereocenters. The molecule has 0 N–H and O–H groups in total. The summed E-state index contributed by atoms with van der Waals surface area (Å²) in [5.74, 6) is -2.87. The fourth-order valence-corrected chi connectivity index (χ4v) is 1.25. The highest BCUT2D eigenvalue weighted by Crippen LogP contribution is 2.37. The van der Waals surface area contributed by atoms with E-state index in [1.807, 2.05) is 0 Å². The number of methoxy groups -OCH3 is 1. The number of nitro groups is 1. The quantitative estimate of drug-likeness (QED) is 0.481. The molecule has 0 aromatic carbocycles. The third-order valence-electron chi connectivity index (χ3n) is 1.73. The Morgan fingerprint density at radius 2 is 2.11 bits per heavy atom. The molecule has 1 heterocycles. The summed E-state index contributed by atoms with van der Waals surface area (Å²) in [6.45, 7) is 0. The molecule has 0 aliphatic heterocycles. The average molecular weight is 301 g/mol. The maximum Gasteiger partial charge on any atom is 0.573 e. The van der Waals surface area contributed by atoms with Crippen LogP contribution in [0.3, 0.4) is 0 Å². The fourth-order valence-electron chi connectivity index (χ4n) is 1.12. The molecule has 0 aliphatic carbocycles. The minimum atomic E-state index is -5.13. The Morgan fingerprint density at radius 3 is 2.47 bits per heavy atom. The van der Waals surface area contributed by atoms with Gasteiger partial charge in [-0.1, -0.05) is 0 Å². The molecule has 0 amide bonds. The second-order valence-electron chi connectivity index (χ2n) is 2.94. The molecule has 0 saturated heterocycles. The number of alkyl halides is 3. The van der Waals surface area contributed by atoms with Gasteiger partial charge in [0.2, 0.25) is 5.75 Å². The van der Waals surface area contributed by atoms with E-state index in [0.29, 0.717) is 6.07 Å². The first-order valence-electron chi connectivity index (χ1n) is 4.34. The number of aromatic nitrogens is 1. The van der Waals surface area contributed by atoms with Crippen LogP contribution in [0.2, 0.25) is 0 Å². The lowest BCUT2D eigenvalue weighted by atomic mass is 10.3. The number of carbonyl (C=O) groups is 1. The first kappa shape index (κ1) is 15.0. The zero-order chi connectivity index (χ0) is 14.8. The van der Waals surface area contributed by atoms with E-state index in [2.05, 4.69) is 14.5 Å². The van der Waals surface area contributed by atoms with Crippen LogP contribution in [0, 0.1) is 10.1 Å². The molecule has 1 rings (SSSR count). The molecular weight excluding hydrogens is 297 g/mol. The molecule has 0 atom stereocenters. The van der Waals surface area contributed by atoms with Gasteiger partial charge in [-0.05, 0) is 21.5 Å². The number of halogens is 4. The zero-order valence-electron chi connectivity index (χ0n) is 9.02. The van der Waals surface area contributed by atoms with Gasteiger partial charge in [-0.2, -0.15) is 0 Å². The van der Waals surface area contributed by atoms with Crippen molar-refractivity contribution in [3.05, 3.63) is 21.9 Å². The van der Waals surface area contributed by atoms with Gasteiger partial charge in [0, 0.05) is 0 Å². The molecular formula is C8H4ClF3N2O5. The third-order valence-corrected chi connectivity index (χ3v) is 1.91. The van der Waals surface area contributed by atoms with Gasteiger partial charge in [0.25, 0.3) is 5.69 Å². The second-order valence-corrected chi connectivity index (χ2v) is 3.28. The molecule has 0 saturated carbocycles. The van der Waals surface area contributed by atoms with E-state index in [0.717, 1.165) is 7.11 Å². The summed E-state index contributed by atoms with van der Waals surface area (Å²) in [6.07, 6.45) is -5.13. The minimum Gasteiger partial charge on any atom is -0.489 e. The van der Waals surface area contributed by atoms with Crippen LogP contribution in [-0.4, -0.2) is 28.6 Å². The van der Waals surface area contributed by atoms with Gasteiger partial charge in [-0.3, -0.25) is 4.79 Å². The van der Waals surface area contributed by atoms with E-state index in [4.69, 9.17) is 11.6 Å². The van der Waals surface area contributed by atoms with Gasteiger partial charge in [-0.15, -0.1) is 13.2 Å². The first-order valence-corrected chi connectivity index (χ1v) is 4.72. The van der Waals surface area contributed by atoms with Crippen molar-refractivity contribution < 1.29 is 32.4 Å². The fraction of sp³-hybridized carbons (Fsp3) is 0.250. The summed E-state index contributed by atoms with van der Waals surface area (Å²) in [4.78, 5) is 23.6. The molecule has 1 aromatic heterocycles. The second kappa shape index (κ2) is 5.26. The monoisotopic (exact) mass is 300 g/mol. The van der Waals surface area contributed by atoms with Crippen molar-refractivity contribution in [1.82, 2.24) is 4.98 Å². The largest absolute Gasteiger partial charge is 0.573 e. The van der Waals surface area contributed by atoms with E-state index >= 15 is 0 Å². The number of pyridine rings is 1. The lowest BCUT2D eigenvalue weighted by Gasteiger charge is -2.12. The van der Waals surface area contributed by atoms with E-state index in [1.54, 1.807) is 0 Å². The van der Waals surface area contributed by atoms with Crippen molar-refractivity contribution in [2.45, 2.75) is 6.36 Å². The van der Waals surface area contributed by atoms with Gasteiger partial charge in [-0.25, -0.2) is 0 Å². The maximum atomic E-state index is 12.1. The van der Waals surface area contributed by atoms with Crippen LogP contribution in [0.4, 0.5) is 19.0 Å². The smallest absolute Gasteiger partial charge is 0.489 e. The van der Waals surface area contributed by atoms with Crippen molar-refractivity contribution in [3.8, 4) is 11.5 Å². The zero-order valence-corrected chi connectivity index (χ0v) is 9.78.